The van der Waals surface area contributed by atoms with Crippen LogP contribution in [0.3, 0.4) is 0 Å². The second kappa shape index (κ2) is 5.84. The number of carboxylic acids is 1. The zero-order valence-electron chi connectivity index (χ0n) is 8.80. The van der Waals surface area contributed by atoms with Gasteiger partial charge in [-0.3, -0.25) is 4.79 Å². The van der Waals surface area contributed by atoms with Gasteiger partial charge < -0.3 is 9.84 Å². The lowest BCUT2D eigenvalue weighted by Crippen LogP contribution is -2.00. The molecule has 0 heterocycles. The summed E-state index contributed by atoms with van der Waals surface area (Å²) in [4.78, 5) is 10.4. The Bertz CT molecular complexity index is 393. The van der Waals surface area contributed by atoms with Crippen LogP contribution in [0.4, 0.5) is 4.39 Å². The first-order valence-corrected chi connectivity index (χ1v) is 5.58. The minimum absolute atomic E-state index is 0.0229. The van der Waals surface area contributed by atoms with E-state index in [1.165, 1.54) is 7.11 Å². The molecule has 3 nitrogen and oxygen atoms in total. The molecule has 0 saturated heterocycles. The highest BCUT2D eigenvalue weighted by Crippen LogP contribution is 2.28. The van der Waals surface area contributed by atoms with Crippen molar-refractivity contribution < 1.29 is 19.0 Å². The van der Waals surface area contributed by atoms with E-state index in [4.69, 9.17) is 9.84 Å². The van der Waals surface area contributed by atoms with Crippen LogP contribution < -0.4 is 4.74 Å². The van der Waals surface area contributed by atoms with Crippen molar-refractivity contribution in [3.63, 3.8) is 0 Å². The van der Waals surface area contributed by atoms with Gasteiger partial charge in [0.05, 0.1) is 11.6 Å². The lowest BCUT2D eigenvalue weighted by Gasteiger charge is -2.10. The van der Waals surface area contributed by atoms with Gasteiger partial charge in [0.2, 0.25) is 0 Å². The van der Waals surface area contributed by atoms with E-state index in [-0.39, 0.29) is 12.2 Å². The van der Waals surface area contributed by atoms with Gasteiger partial charge in [-0.15, -0.1) is 0 Å². The average molecular weight is 291 g/mol. The van der Waals surface area contributed by atoms with Crippen LogP contribution in [0, 0.1) is 5.82 Å². The fraction of sp³-hybridized carbons (Fsp3) is 0.364. The molecule has 0 fully saturated rings. The van der Waals surface area contributed by atoms with Crippen molar-refractivity contribution in [1.82, 2.24) is 0 Å². The van der Waals surface area contributed by atoms with Crippen LogP contribution in [-0.4, -0.2) is 18.2 Å². The molecule has 16 heavy (non-hydrogen) atoms. The minimum Gasteiger partial charge on any atom is -0.496 e. The van der Waals surface area contributed by atoms with Crippen LogP contribution in [-0.2, 0) is 11.2 Å². The molecular weight excluding hydrogens is 279 g/mol. The first-order valence-electron chi connectivity index (χ1n) is 4.79. The molecule has 0 bridgehead atoms. The van der Waals surface area contributed by atoms with Crippen LogP contribution in [0.1, 0.15) is 18.4 Å². The minimum atomic E-state index is -0.880. The maximum atomic E-state index is 13.7. The van der Waals surface area contributed by atoms with E-state index in [9.17, 15) is 9.18 Å². The highest BCUT2D eigenvalue weighted by atomic mass is 79.9. The van der Waals surface area contributed by atoms with Crippen molar-refractivity contribution >= 4 is 21.9 Å². The van der Waals surface area contributed by atoms with Crippen molar-refractivity contribution in [3.8, 4) is 5.75 Å². The summed E-state index contributed by atoms with van der Waals surface area (Å²) in [5.74, 6) is -0.815. The van der Waals surface area contributed by atoms with Crippen LogP contribution in [0.15, 0.2) is 16.6 Å². The van der Waals surface area contributed by atoms with Crippen LogP contribution in [0.25, 0.3) is 0 Å². The van der Waals surface area contributed by atoms with Crippen molar-refractivity contribution in [3.05, 3.63) is 28.0 Å². The molecule has 1 aromatic carbocycles. The summed E-state index contributed by atoms with van der Waals surface area (Å²) in [5, 5.41) is 8.51. The fourth-order valence-corrected chi connectivity index (χ4v) is 1.79. The molecule has 1 N–H and O–H groups in total. The number of benzene rings is 1. The van der Waals surface area contributed by atoms with Crippen LogP contribution in [0.2, 0.25) is 0 Å². The second-order valence-corrected chi connectivity index (χ2v) is 4.14. The largest absolute Gasteiger partial charge is 0.496 e. The number of carbonyl (C=O) groups is 1. The molecule has 1 aromatic rings. The number of aliphatic carboxylic acids is 1. The third kappa shape index (κ3) is 3.20. The fourth-order valence-electron chi connectivity index (χ4n) is 1.42. The predicted molar refractivity (Wildman–Crippen MR) is 61.2 cm³/mol. The number of halogens is 2. The number of carboxylic acid groups (broad SMARTS) is 1. The Morgan fingerprint density at radius 3 is 2.81 bits per heavy atom. The van der Waals surface area contributed by atoms with Crippen molar-refractivity contribution in [2.24, 2.45) is 0 Å². The van der Waals surface area contributed by atoms with E-state index in [1.54, 1.807) is 12.1 Å². The van der Waals surface area contributed by atoms with Gasteiger partial charge in [-0.1, -0.05) is 0 Å². The second-order valence-electron chi connectivity index (χ2n) is 3.29. The summed E-state index contributed by atoms with van der Waals surface area (Å²) >= 11 is 3.08. The molecule has 0 atom stereocenters. The maximum Gasteiger partial charge on any atom is 0.303 e. The van der Waals surface area contributed by atoms with E-state index >= 15 is 0 Å². The molecule has 0 radical (unpaired) electrons. The molecule has 0 aliphatic rings. The van der Waals surface area contributed by atoms with Crippen molar-refractivity contribution in [2.45, 2.75) is 19.3 Å². The zero-order chi connectivity index (χ0) is 12.1. The van der Waals surface area contributed by atoms with E-state index in [1.807, 2.05) is 0 Å². The number of hydrogen-bond acceptors (Lipinski definition) is 2. The normalized spacial score (nSPS) is 10.2. The third-order valence-corrected chi connectivity index (χ3v) is 2.80. The molecule has 0 aromatic heterocycles. The summed E-state index contributed by atoms with van der Waals surface area (Å²) < 4.78 is 19.1. The molecule has 0 spiro atoms. The highest BCUT2D eigenvalue weighted by Gasteiger charge is 2.12. The van der Waals surface area contributed by atoms with E-state index in [0.717, 1.165) is 0 Å². The summed E-state index contributed by atoms with van der Waals surface area (Å²) in [6.45, 7) is 0. The lowest BCUT2D eigenvalue weighted by atomic mass is 10.1. The lowest BCUT2D eigenvalue weighted by molar-refractivity contribution is -0.137. The first-order chi connectivity index (χ1) is 7.56. The average Bonchev–Trinajstić information content (AvgIpc) is 2.24. The predicted octanol–water partition coefficient (Wildman–Crippen LogP) is 3.00. The SMILES string of the molecule is COc1ccc(Br)c(F)c1CCCC(=O)O. The molecule has 0 aliphatic heterocycles. The van der Waals surface area contributed by atoms with Crippen molar-refractivity contribution in [2.75, 3.05) is 7.11 Å². The Morgan fingerprint density at radius 2 is 2.25 bits per heavy atom. The highest BCUT2D eigenvalue weighted by molar-refractivity contribution is 9.10. The molecule has 0 unspecified atom stereocenters. The van der Waals surface area contributed by atoms with Crippen LogP contribution in [0.5, 0.6) is 5.75 Å². The quantitative estimate of drug-likeness (QED) is 0.907. The molecule has 5 heteroatoms. The van der Waals surface area contributed by atoms with E-state index in [2.05, 4.69) is 15.9 Å². The molecular formula is C11H12BrFO3. The topological polar surface area (TPSA) is 46.5 Å². The summed E-state index contributed by atoms with van der Waals surface area (Å²) in [6.07, 6.45) is 0.759. The molecule has 0 saturated carbocycles. The van der Waals surface area contributed by atoms with Gasteiger partial charge in [-0.2, -0.15) is 0 Å². The van der Waals surface area contributed by atoms with Gasteiger partial charge in [0, 0.05) is 12.0 Å². The van der Waals surface area contributed by atoms with Gasteiger partial charge >= 0.3 is 5.97 Å². The number of methoxy groups -OCH3 is 1. The molecule has 0 amide bonds. The van der Waals surface area contributed by atoms with Gasteiger partial charge in [0.1, 0.15) is 11.6 Å². The summed E-state index contributed by atoms with van der Waals surface area (Å²) in [7, 11) is 1.46. The Balaban J connectivity index is 2.83. The number of hydrogen-bond donors (Lipinski definition) is 1. The van der Waals surface area contributed by atoms with Gasteiger partial charge in [-0.05, 0) is 40.9 Å². The molecule has 1 rings (SSSR count). The van der Waals surface area contributed by atoms with Crippen molar-refractivity contribution in [1.29, 1.82) is 0 Å². The Labute approximate surface area is 101 Å². The molecule has 0 aliphatic carbocycles. The Kier molecular flexibility index (Phi) is 4.73. The van der Waals surface area contributed by atoms with E-state index in [0.29, 0.717) is 28.6 Å². The zero-order valence-corrected chi connectivity index (χ0v) is 10.4. The van der Waals surface area contributed by atoms with Gasteiger partial charge in [0.25, 0.3) is 0 Å². The summed E-state index contributed by atoms with van der Waals surface area (Å²) in [5.41, 5.74) is 0.415. The third-order valence-electron chi connectivity index (χ3n) is 2.19. The first kappa shape index (κ1) is 13.0. The maximum absolute atomic E-state index is 13.7. The molecule has 88 valence electrons. The van der Waals surface area contributed by atoms with E-state index < -0.39 is 5.97 Å². The monoisotopic (exact) mass is 290 g/mol. The Hall–Kier alpha value is -1.10. The van der Waals surface area contributed by atoms with Gasteiger partial charge in [0.15, 0.2) is 0 Å². The standard InChI is InChI=1S/C11H12BrFO3/c1-16-9-6-5-8(12)11(13)7(9)3-2-4-10(14)15/h5-6H,2-4H2,1H3,(H,14,15). The number of ether oxygens (including phenoxy) is 1. The summed E-state index contributed by atoms with van der Waals surface area (Å²) in [6, 6.07) is 3.22. The van der Waals surface area contributed by atoms with Gasteiger partial charge in [-0.25, -0.2) is 4.39 Å². The number of rotatable bonds is 5. The Morgan fingerprint density at radius 1 is 1.56 bits per heavy atom. The smallest absolute Gasteiger partial charge is 0.303 e. The van der Waals surface area contributed by atoms with Crippen LogP contribution >= 0.6 is 15.9 Å².